The zero-order chi connectivity index (χ0) is 14.7. The molecule has 2 fully saturated rings. The van der Waals surface area contributed by atoms with Crippen molar-refractivity contribution in [2.75, 3.05) is 19.6 Å². The second kappa shape index (κ2) is 6.41. The highest BCUT2D eigenvalue weighted by Crippen LogP contribution is 2.20. The monoisotopic (exact) mass is 286 g/mol. The Morgan fingerprint density at radius 1 is 1.35 bits per heavy atom. The number of ether oxygens (including phenoxy) is 1. The van der Waals surface area contributed by atoms with E-state index >= 15 is 0 Å². The van der Waals surface area contributed by atoms with Gasteiger partial charge in [-0.05, 0) is 25.2 Å². The Morgan fingerprint density at radius 3 is 2.70 bits per heavy atom. The smallest absolute Gasteiger partial charge is 0.332 e. The number of piperidine rings is 1. The van der Waals surface area contributed by atoms with Gasteiger partial charge >= 0.3 is 12.0 Å². The predicted molar refractivity (Wildman–Crippen MR) is 70.3 cm³/mol. The molecule has 4 atom stereocenters. The number of carboxylic acid groups (broad SMARTS) is 1. The fourth-order valence-electron chi connectivity index (χ4n) is 2.67. The number of aliphatic hydroxyl groups is 1. The number of amides is 2. The highest BCUT2D eigenvalue weighted by molar-refractivity contribution is 5.74. The highest BCUT2D eigenvalue weighted by Gasteiger charge is 2.31. The fourth-order valence-corrected chi connectivity index (χ4v) is 2.67. The first-order valence-corrected chi connectivity index (χ1v) is 7.06. The molecule has 0 aliphatic carbocycles. The van der Waals surface area contributed by atoms with Crippen molar-refractivity contribution in [2.24, 2.45) is 5.92 Å². The normalized spacial score (nSPS) is 34.0. The topological polar surface area (TPSA) is 99.1 Å². The van der Waals surface area contributed by atoms with Gasteiger partial charge in [-0.1, -0.05) is 6.92 Å². The van der Waals surface area contributed by atoms with Gasteiger partial charge < -0.3 is 25.2 Å². The standard InChI is InChI=1S/C13H22N2O5/c1-8-7-15(5-4-10(8)16)13(19)14-6-9-2-3-11(20-9)12(17)18/h8-11,16H,2-7H2,1H3,(H,14,19)(H,17,18). The second-order valence-corrected chi connectivity index (χ2v) is 5.63. The van der Waals surface area contributed by atoms with Gasteiger partial charge in [0.2, 0.25) is 0 Å². The molecule has 2 aliphatic rings. The van der Waals surface area contributed by atoms with Crippen molar-refractivity contribution in [1.82, 2.24) is 10.2 Å². The van der Waals surface area contributed by atoms with Crippen molar-refractivity contribution in [3.8, 4) is 0 Å². The number of aliphatic carboxylic acids is 1. The molecular formula is C13H22N2O5. The molecule has 4 unspecified atom stereocenters. The highest BCUT2D eigenvalue weighted by atomic mass is 16.5. The summed E-state index contributed by atoms with van der Waals surface area (Å²) in [5, 5.41) is 21.2. The van der Waals surface area contributed by atoms with Gasteiger partial charge in [-0.15, -0.1) is 0 Å². The van der Waals surface area contributed by atoms with E-state index in [0.29, 0.717) is 38.9 Å². The molecule has 0 bridgehead atoms. The summed E-state index contributed by atoms with van der Waals surface area (Å²) < 4.78 is 5.33. The average molecular weight is 286 g/mol. The number of rotatable bonds is 3. The molecule has 0 aromatic carbocycles. The average Bonchev–Trinajstić information content (AvgIpc) is 2.88. The van der Waals surface area contributed by atoms with Gasteiger partial charge in [0.15, 0.2) is 6.10 Å². The number of urea groups is 1. The van der Waals surface area contributed by atoms with E-state index in [2.05, 4.69) is 5.32 Å². The van der Waals surface area contributed by atoms with E-state index < -0.39 is 12.1 Å². The third-order valence-electron chi connectivity index (χ3n) is 4.01. The van der Waals surface area contributed by atoms with E-state index in [9.17, 15) is 14.7 Å². The number of carbonyl (C=O) groups is 2. The summed E-state index contributed by atoms with van der Waals surface area (Å²) in [7, 11) is 0. The third-order valence-corrected chi connectivity index (χ3v) is 4.01. The Bertz CT molecular complexity index is 376. The lowest BCUT2D eigenvalue weighted by atomic mass is 9.97. The van der Waals surface area contributed by atoms with Crippen LogP contribution in [0.2, 0.25) is 0 Å². The van der Waals surface area contributed by atoms with Crippen LogP contribution in [-0.2, 0) is 9.53 Å². The summed E-state index contributed by atoms with van der Waals surface area (Å²) in [6, 6.07) is -0.175. The molecule has 3 N–H and O–H groups in total. The van der Waals surface area contributed by atoms with Crippen LogP contribution >= 0.6 is 0 Å². The minimum atomic E-state index is -0.947. The third kappa shape index (κ3) is 3.61. The molecule has 0 saturated carbocycles. The predicted octanol–water partition coefficient (Wildman–Crippen LogP) is 0.0309. The van der Waals surface area contributed by atoms with Crippen LogP contribution in [0.5, 0.6) is 0 Å². The van der Waals surface area contributed by atoms with Crippen LogP contribution in [0.1, 0.15) is 26.2 Å². The molecule has 2 aliphatic heterocycles. The lowest BCUT2D eigenvalue weighted by molar-refractivity contribution is -0.149. The van der Waals surface area contributed by atoms with Gasteiger partial charge in [-0.3, -0.25) is 0 Å². The van der Waals surface area contributed by atoms with Crippen LogP contribution in [-0.4, -0.2) is 65.1 Å². The lowest BCUT2D eigenvalue weighted by Gasteiger charge is -2.34. The number of carbonyl (C=O) groups excluding carboxylic acids is 1. The molecule has 2 rings (SSSR count). The van der Waals surface area contributed by atoms with Crippen LogP contribution in [0.3, 0.4) is 0 Å². The maximum Gasteiger partial charge on any atom is 0.332 e. The van der Waals surface area contributed by atoms with Crippen molar-refractivity contribution >= 4 is 12.0 Å². The number of hydrogen-bond acceptors (Lipinski definition) is 4. The van der Waals surface area contributed by atoms with Crippen molar-refractivity contribution in [3.05, 3.63) is 0 Å². The number of carboxylic acids is 1. The minimum Gasteiger partial charge on any atom is -0.479 e. The van der Waals surface area contributed by atoms with E-state index in [-0.39, 0.29) is 24.2 Å². The summed E-state index contributed by atoms with van der Waals surface area (Å²) in [5.41, 5.74) is 0. The summed E-state index contributed by atoms with van der Waals surface area (Å²) in [6.45, 7) is 3.33. The van der Waals surface area contributed by atoms with Crippen molar-refractivity contribution < 1.29 is 24.5 Å². The number of likely N-dealkylation sites (tertiary alicyclic amines) is 1. The molecule has 2 saturated heterocycles. The van der Waals surface area contributed by atoms with E-state index in [1.54, 1.807) is 4.90 Å². The molecule has 2 amide bonds. The molecule has 7 heteroatoms. The maximum atomic E-state index is 12.0. The molecule has 2 heterocycles. The Labute approximate surface area is 117 Å². The van der Waals surface area contributed by atoms with Crippen LogP contribution < -0.4 is 5.32 Å². The van der Waals surface area contributed by atoms with Gasteiger partial charge in [-0.2, -0.15) is 0 Å². The first kappa shape index (κ1) is 15.1. The second-order valence-electron chi connectivity index (χ2n) is 5.63. The summed E-state index contributed by atoms with van der Waals surface area (Å²) in [5.74, 6) is -0.869. The molecule has 0 aromatic heterocycles. The van der Waals surface area contributed by atoms with Gasteiger partial charge in [0.1, 0.15) is 0 Å². The number of aliphatic hydroxyl groups excluding tert-OH is 1. The Morgan fingerprint density at radius 2 is 2.10 bits per heavy atom. The van der Waals surface area contributed by atoms with E-state index in [4.69, 9.17) is 9.84 Å². The van der Waals surface area contributed by atoms with Crippen molar-refractivity contribution in [2.45, 2.75) is 44.5 Å². The van der Waals surface area contributed by atoms with Crippen molar-refractivity contribution in [3.63, 3.8) is 0 Å². The van der Waals surface area contributed by atoms with Crippen LogP contribution in [0, 0.1) is 5.92 Å². The molecule has 0 spiro atoms. The van der Waals surface area contributed by atoms with Crippen LogP contribution in [0.15, 0.2) is 0 Å². The van der Waals surface area contributed by atoms with Gasteiger partial charge in [-0.25, -0.2) is 9.59 Å². The lowest BCUT2D eigenvalue weighted by Crippen LogP contribution is -2.50. The first-order valence-electron chi connectivity index (χ1n) is 7.06. The summed E-state index contributed by atoms with van der Waals surface area (Å²) in [4.78, 5) is 24.4. The Balaban J connectivity index is 1.72. The number of nitrogens with zero attached hydrogens (tertiary/aromatic N) is 1. The van der Waals surface area contributed by atoms with Gasteiger partial charge in [0.25, 0.3) is 0 Å². The zero-order valence-electron chi connectivity index (χ0n) is 11.6. The molecule has 114 valence electrons. The maximum absolute atomic E-state index is 12.0. The quantitative estimate of drug-likeness (QED) is 0.680. The Hall–Kier alpha value is -1.34. The van der Waals surface area contributed by atoms with E-state index in [1.807, 2.05) is 6.92 Å². The summed E-state index contributed by atoms with van der Waals surface area (Å²) >= 11 is 0. The fraction of sp³-hybridized carbons (Fsp3) is 0.846. The minimum absolute atomic E-state index is 0.0774. The Kier molecular flexibility index (Phi) is 4.82. The summed E-state index contributed by atoms with van der Waals surface area (Å²) in [6.07, 6.45) is 0.411. The number of hydrogen-bond donors (Lipinski definition) is 3. The van der Waals surface area contributed by atoms with E-state index in [1.165, 1.54) is 0 Å². The molecule has 7 nitrogen and oxygen atoms in total. The first-order chi connectivity index (χ1) is 9.47. The SMILES string of the molecule is CC1CN(C(=O)NCC2CCC(C(=O)O)O2)CCC1O. The van der Waals surface area contributed by atoms with Gasteiger partial charge in [0, 0.05) is 19.6 Å². The van der Waals surface area contributed by atoms with Crippen LogP contribution in [0.4, 0.5) is 4.79 Å². The van der Waals surface area contributed by atoms with Crippen molar-refractivity contribution in [1.29, 1.82) is 0 Å². The van der Waals surface area contributed by atoms with Crippen LogP contribution in [0.25, 0.3) is 0 Å². The molecule has 0 radical (unpaired) electrons. The molecular weight excluding hydrogens is 264 g/mol. The largest absolute Gasteiger partial charge is 0.479 e. The zero-order valence-corrected chi connectivity index (χ0v) is 11.6. The molecule has 0 aromatic rings. The number of nitrogens with one attached hydrogen (secondary N) is 1. The molecule has 20 heavy (non-hydrogen) atoms. The van der Waals surface area contributed by atoms with Gasteiger partial charge in [0.05, 0.1) is 12.2 Å². The van der Waals surface area contributed by atoms with E-state index in [0.717, 1.165) is 0 Å².